The molecule has 0 unspecified atom stereocenters. The molecule has 1 heterocycles. The van der Waals surface area contributed by atoms with Crippen molar-refractivity contribution in [3.8, 4) is 5.75 Å². The molecule has 1 aliphatic heterocycles. The Bertz CT molecular complexity index is 348. The minimum Gasteiger partial charge on any atom is -0.496 e. The van der Waals surface area contributed by atoms with E-state index in [0.29, 0.717) is 6.04 Å². The standard InChI is InChI=1S/C13H19NO/c1-9-4-5-11(13(7-9)15-3)12-6-10(2)8-14-12/h4-5,7,10,12,14H,6,8H2,1-3H3/t10-,12-/m0/s1. The third kappa shape index (κ3) is 2.15. The molecule has 2 rings (SSSR count). The van der Waals surface area contributed by atoms with Gasteiger partial charge in [0.15, 0.2) is 0 Å². The Morgan fingerprint density at radius 1 is 1.40 bits per heavy atom. The fourth-order valence-corrected chi connectivity index (χ4v) is 2.26. The van der Waals surface area contributed by atoms with Gasteiger partial charge in [-0.3, -0.25) is 0 Å². The lowest BCUT2D eigenvalue weighted by Gasteiger charge is -2.15. The summed E-state index contributed by atoms with van der Waals surface area (Å²) in [5.41, 5.74) is 2.55. The highest BCUT2D eigenvalue weighted by molar-refractivity contribution is 5.39. The Kier molecular flexibility index (Phi) is 2.96. The molecule has 2 atom stereocenters. The summed E-state index contributed by atoms with van der Waals surface area (Å²) in [4.78, 5) is 0. The summed E-state index contributed by atoms with van der Waals surface area (Å²) in [6, 6.07) is 6.92. The van der Waals surface area contributed by atoms with Crippen LogP contribution in [-0.4, -0.2) is 13.7 Å². The summed E-state index contributed by atoms with van der Waals surface area (Å²) in [6.07, 6.45) is 1.21. The van der Waals surface area contributed by atoms with Crippen LogP contribution in [0.4, 0.5) is 0 Å². The van der Waals surface area contributed by atoms with E-state index >= 15 is 0 Å². The van der Waals surface area contributed by atoms with Crippen LogP contribution in [0.3, 0.4) is 0 Å². The third-order valence-corrected chi connectivity index (χ3v) is 3.12. The van der Waals surface area contributed by atoms with Gasteiger partial charge in [-0.15, -0.1) is 0 Å². The van der Waals surface area contributed by atoms with Crippen molar-refractivity contribution in [2.75, 3.05) is 13.7 Å². The summed E-state index contributed by atoms with van der Waals surface area (Å²) < 4.78 is 5.43. The minimum atomic E-state index is 0.468. The van der Waals surface area contributed by atoms with E-state index < -0.39 is 0 Å². The first-order valence-corrected chi connectivity index (χ1v) is 5.58. The summed E-state index contributed by atoms with van der Waals surface area (Å²) >= 11 is 0. The number of benzene rings is 1. The monoisotopic (exact) mass is 205 g/mol. The highest BCUT2D eigenvalue weighted by Gasteiger charge is 2.24. The quantitative estimate of drug-likeness (QED) is 0.801. The summed E-state index contributed by atoms with van der Waals surface area (Å²) in [6.45, 7) is 5.49. The van der Waals surface area contributed by atoms with E-state index in [1.165, 1.54) is 17.5 Å². The average molecular weight is 205 g/mol. The maximum absolute atomic E-state index is 5.43. The number of rotatable bonds is 2. The van der Waals surface area contributed by atoms with Crippen LogP contribution in [0.25, 0.3) is 0 Å². The number of methoxy groups -OCH3 is 1. The number of aryl methyl sites for hydroxylation is 1. The van der Waals surface area contributed by atoms with Crippen LogP contribution in [-0.2, 0) is 0 Å². The molecule has 1 aliphatic rings. The fourth-order valence-electron chi connectivity index (χ4n) is 2.26. The van der Waals surface area contributed by atoms with E-state index in [9.17, 15) is 0 Å². The van der Waals surface area contributed by atoms with E-state index in [4.69, 9.17) is 4.74 Å². The molecule has 0 aliphatic carbocycles. The normalized spacial score (nSPS) is 25.5. The fraction of sp³-hybridized carbons (Fsp3) is 0.538. The lowest BCUT2D eigenvalue weighted by atomic mass is 9.99. The average Bonchev–Trinajstić information content (AvgIpc) is 2.64. The van der Waals surface area contributed by atoms with Gasteiger partial charge < -0.3 is 10.1 Å². The SMILES string of the molecule is COc1cc(C)ccc1[C@@H]1C[C@H](C)CN1. The van der Waals surface area contributed by atoms with Crippen molar-refractivity contribution in [2.45, 2.75) is 26.3 Å². The second-order valence-corrected chi connectivity index (χ2v) is 4.55. The van der Waals surface area contributed by atoms with Crippen LogP contribution in [0.5, 0.6) is 5.75 Å². The van der Waals surface area contributed by atoms with Gasteiger partial charge >= 0.3 is 0 Å². The molecule has 0 saturated carbocycles. The number of hydrogen-bond donors (Lipinski definition) is 1. The smallest absolute Gasteiger partial charge is 0.123 e. The van der Waals surface area contributed by atoms with Crippen molar-refractivity contribution in [1.29, 1.82) is 0 Å². The molecular formula is C13H19NO. The predicted octanol–water partition coefficient (Wildman–Crippen LogP) is 2.67. The second-order valence-electron chi connectivity index (χ2n) is 4.55. The van der Waals surface area contributed by atoms with Crippen molar-refractivity contribution >= 4 is 0 Å². The van der Waals surface area contributed by atoms with E-state index in [1.54, 1.807) is 7.11 Å². The maximum Gasteiger partial charge on any atom is 0.123 e. The molecule has 0 aromatic heterocycles. The zero-order valence-electron chi connectivity index (χ0n) is 9.71. The van der Waals surface area contributed by atoms with Gasteiger partial charge in [0.1, 0.15) is 5.75 Å². The molecule has 0 amide bonds. The van der Waals surface area contributed by atoms with Gasteiger partial charge in [-0.05, 0) is 37.4 Å². The molecule has 1 saturated heterocycles. The Morgan fingerprint density at radius 3 is 2.80 bits per heavy atom. The van der Waals surface area contributed by atoms with Gasteiger partial charge in [-0.25, -0.2) is 0 Å². The molecule has 1 aromatic carbocycles. The molecule has 0 radical (unpaired) electrons. The van der Waals surface area contributed by atoms with E-state index in [0.717, 1.165) is 18.2 Å². The molecule has 15 heavy (non-hydrogen) atoms. The molecule has 1 fully saturated rings. The summed E-state index contributed by atoms with van der Waals surface area (Å²) in [5, 5.41) is 3.54. The molecule has 1 N–H and O–H groups in total. The molecule has 2 heteroatoms. The molecule has 1 aromatic rings. The third-order valence-electron chi connectivity index (χ3n) is 3.12. The zero-order chi connectivity index (χ0) is 10.8. The molecule has 82 valence electrons. The maximum atomic E-state index is 5.43. The first kappa shape index (κ1) is 10.5. The molecule has 2 nitrogen and oxygen atoms in total. The van der Waals surface area contributed by atoms with Crippen molar-refractivity contribution in [1.82, 2.24) is 5.32 Å². The van der Waals surface area contributed by atoms with Gasteiger partial charge in [0, 0.05) is 11.6 Å². The second kappa shape index (κ2) is 4.23. The van der Waals surface area contributed by atoms with E-state index in [1.807, 2.05) is 0 Å². The predicted molar refractivity (Wildman–Crippen MR) is 62.3 cm³/mol. The first-order valence-electron chi connectivity index (χ1n) is 5.58. The van der Waals surface area contributed by atoms with Crippen molar-refractivity contribution in [2.24, 2.45) is 5.92 Å². The van der Waals surface area contributed by atoms with Gasteiger partial charge in [-0.1, -0.05) is 19.1 Å². The van der Waals surface area contributed by atoms with Crippen LogP contribution in [0.1, 0.15) is 30.5 Å². The minimum absolute atomic E-state index is 0.468. The van der Waals surface area contributed by atoms with E-state index in [-0.39, 0.29) is 0 Å². The number of ether oxygens (including phenoxy) is 1. The molecule has 0 bridgehead atoms. The Balaban J connectivity index is 2.27. The lowest BCUT2D eigenvalue weighted by Crippen LogP contribution is -2.14. The Morgan fingerprint density at radius 2 is 2.20 bits per heavy atom. The van der Waals surface area contributed by atoms with Gasteiger partial charge in [0.05, 0.1) is 7.11 Å². The number of nitrogens with one attached hydrogen (secondary N) is 1. The summed E-state index contributed by atoms with van der Waals surface area (Å²) in [5.74, 6) is 1.78. The topological polar surface area (TPSA) is 21.3 Å². The van der Waals surface area contributed by atoms with Gasteiger partial charge in [0.2, 0.25) is 0 Å². The van der Waals surface area contributed by atoms with Crippen molar-refractivity contribution < 1.29 is 4.74 Å². The Labute approximate surface area is 91.6 Å². The molecular weight excluding hydrogens is 186 g/mol. The number of hydrogen-bond acceptors (Lipinski definition) is 2. The Hall–Kier alpha value is -1.02. The van der Waals surface area contributed by atoms with Crippen LogP contribution < -0.4 is 10.1 Å². The van der Waals surface area contributed by atoms with Crippen molar-refractivity contribution in [3.63, 3.8) is 0 Å². The van der Waals surface area contributed by atoms with Gasteiger partial charge in [0.25, 0.3) is 0 Å². The van der Waals surface area contributed by atoms with Crippen LogP contribution >= 0.6 is 0 Å². The molecule has 0 spiro atoms. The lowest BCUT2D eigenvalue weighted by molar-refractivity contribution is 0.402. The van der Waals surface area contributed by atoms with Crippen LogP contribution in [0.2, 0.25) is 0 Å². The zero-order valence-corrected chi connectivity index (χ0v) is 9.71. The highest BCUT2D eigenvalue weighted by atomic mass is 16.5. The van der Waals surface area contributed by atoms with Crippen LogP contribution in [0.15, 0.2) is 18.2 Å². The largest absolute Gasteiger partial charge is 0.496 e. The van der Waals surface area contributed by atoms with Crippen molar-refractivity contribution in [3.05, 3.63) is 29.3 Å². The summed E-state index contributed by atoms with van der Waals surface area (Å²) in [7, 11) is 1.75. The van der Waals surface area contributed by atoms with E-state index in [2.05, 4.69) is 37.4 Å². The van der Waals surface area contributed by atoms with Gasteiger partial charge in [-0.2, -0.15) is 0 Å². The highest BCUT2D eigenvalue weighted by Crippen LogP contribution is 2.33. The van der Waals surface area contributed by atoms with Crippen LogP contribution in [0, 0.1) is 12.8 Å². The first-order chi connectivity index (χ1) is 7.20.